The highest BCUT2D eigenvalue weighted by molar-refractivity contribution is 5.85. The number of amides is 1. The van der Waals surface area contributed by atoms with Crippen molar-refractivity contribution in [3.63, 3.8) is 0 Å². The van der Waals surface area contributed by atoms with Gasteiger partial charge < -0.3 is 19.9 Å². The second kappa shape index (κ2) is 8.78. The minimum Gasteiger partial charge on any atom is -0.375 e. The van der Waals surface area contributed by atoms with Gasteiger partial charge in [-0.15, -0.1) is 12.4 Å². The van der Waals surface area contributed by atoms with E-state index in [4.69, 9.17) is 9.26 Å². The Morgan fingerprint density at radius 1 is 1.33 bits per heavy atom. The van der Waals surface area contributed by atoms with Crippen LogP contribution in [0.5, 0.6) is 0 Å². The van der Waals surface area contributed by atoms with Crippen LogP contribution in [0.2, 0.25) is 0 Å². The molecule has 1 unspecified atom stereocenters. The molecule has 1 saturated heterocycles. The first-order valence-electron chi connectivity index (χ1n) is 8.64. The lowest BCUT2D eigenvalue weighted by atomic mass is 9.89. The van der Waals surface area contributed by atoms with Gasteiger partial charge in [0.05, 0.1) is 12.7 Å². The zero-order chi connectivity index (χ0) is 16.2. The molecule has 24 heavy (non-hydrogen) atoms. The summed E-state index contributed by atoms with van der Waals surface area (Å²) in [5.74, 6) is 1.57. The van der Waals surface area contributed by atoms with Gasteiger partial charge in [0, 0.05) is 12.5 Å². The van der Waals surface area contributed by atoms with Crippen LogP contribution in [-0.4, -0.2) is 41.3 Å². The summed E-state index contributed by atoms with van der Waals surface area (Å²) in [6, 6.07) is -0.643. The molecule has 3 atom stereocenters. The summed E-state index contributed by atoms with van der Waals surface area (Å²) in [7, 11) is 0. The second-order valence-electron chi connectivity index (χ2n) is 6.56. The monoisotopic (exact) mass is 358 g/mol. The number of rotatable bonds is 4. The van der Waals surface area contributed by atoms with E-state index in [9.17, 15) is 4.79 Å². The number of hydrogen-bond acceptors (Lipinski definition) is 6. The molecule has 1 aromatic rings. The van der Waals surface area contributed by atoms with Crippen molar-refractivity contribution < 1.29 is 14.1 Å². The molecule has 1 aliphatic carbocycles. The Bertz CT molecular complexity index is 533. The SMILES string of the molecule is CC(NC(=O)[C@H]1NCCO[C@@H]1C)c1nc(C2CCCCC2)no1.Cl. The molecule has 1 aliphatic heterocycles. The van der Waals surface area contributed by atoms with E-state index in [2.05, 4.69) is 20.8 Å². The van der Waals surface area contributed by atoms with Gasteiger partial charge in [0.25, 0.3) is 0 Å². The molecule has 0 radical (unpaired) electrons. The molecule has 7 nitrogen and oxygen atoms in total. The minimum absolute atomic E-state index is 0. The minimum atomic E-state index is -0.341. The molecule has 0 bridgehead atoms. The number of aromatic nitrogens is 2. The predicted molar refractivity (Wildman–Crippen MR) is 91.1 cm³/mol. The van der Waals surface area contributed by atoms with Crippen molar-refractivity contribution in [2.45, 2.75) is 70.1 Å². The van der Waals surface area contributed by atoms with Crippen LogP contribution in [-0.2, 0) is 9.53 Å². The number of nitrogens with one attached hydrogen (secondary N) is 2. The molecule has 1 amide bonds. The van der Waals surface area contributed by atoms with Crippen LogP contribution < -0.4 is 10.6 Å². The average molecular weight is 359 g/mol. The standard InChI is InChI=1S/C16H26N4O3.ClH/c1-10(18-15(21)13-11(2)22-9-8-17-13)16-19-14(20-23-16)12-6-4-3-5-7-12;/h10-13,17H,3-9H2,1-2H3,(H,18,21);1H/t10?,11-,13+;/m1./s1. The smallest absolute Gasteiger partial charge is 0.248 e. The maximum atomic E-state index is 12.4. The molecule has 8 heteroatoms. The first-order valence-corrected chi connectivity index (χ1v) is 8.64. The van der Waals surface area contributed by atoms with Crippen LogP contribution in [0.15, 0.2) is 4.52 Å². The van der Waals surface area contributed by atoms with Crippen molar-refractivity contribution in [1.82, 2.24) is 20.8 Å². The molecular weight excluding hydrogens is 332 g/mol. The molecule has 0 aromatic carbocycles. The van der Waals surface area contributed by atoms with Crippen molar-refractivity contribution in [2.75, 3.05) is 13.2 Å². The molecule has 2 N–H and O–H groups in total. The van der Waals surface area contributed by atoms with Crippen molar-refractivity contribution >= 4 is 18.3 Å². The second-order valence-corrected chi connectivity index (χ2v) is 6.56. The Morgan fingerprint density at radius 2 is 2.08 bits per heavy atom. The van der Waals surface area contributed by atoms with E-state index >= 15 is 0 Å². The third-order valence-corrected chi connectivity index (χ3v) is 4.76. The largest absolute Gasteiger partial charge is 0.375 e. The molecule has 2 heterocycles. The van der Waals surface area contributed by atoms with Gasteiger partial charge in [-0.25, -0.2) is 0 Å². The van der Waals surface area contributed by atoms with Crippen LogP contribution in [0.25, 0.3) is 0 Å². The lowest BCUT2D eigenvalue weighted by Gasteiger charge is -2.29. The van der Waals surface area contributed by atoms with Gasteiger partial charge in [0.15, 0.2) is 5.82 Å². The summed E-state index contributed by atoms with van der Waals surface area (Å²) in [4.78, 5) is 16.9. The first kappa shape index (κ1) is 19.1. The summed E-state index contributed by atoms with van der Waals surface area (Å²) in [6.07, 6.45) is 5.86. The summed E-state index contributed by atoms with van der Waals surface area (Å²) in [5.41, 5.74) is 0. The van der Waals surface area contributed by atoms with E-state index in [-0.39, 0.29) is 36.5 Å². The van der Waals surface area contributed by atoms with Crippen molar-refractivity contribution in [1.29, 1.82) is 0 Å². The van der Waals surface area contributed by atoms with Crippen molar-refractivity contribution in [3.8, 4) is 0 Å². The topological polar surface area (TPSA) is 89.3 Å². The molecule has 0 spiro atoms. The van der Waals surface area contributed by atoms with E-state index in [0.717, 1.165) is 18.7 Å². The summed E-state index contributed by atoms with van der Waals surface area (Å²) < 4.78 is 10.9. The fourth-order valence-electron chi connectivity index (χ4n) is 3.34. The van der Waals surface area contributed by atoms with E-state index in [1.165, 1.54) is 19.3 Å². The average Bonchev–Trinajstić information content (AvgIpc) is 3.06. The molecule has 1 aromatic heterocycles. The Morgan fingerprint density at radius 3 is 2.79 bits per heavy atom. The van der Waals surface area contributed by atoms with E-state index in [1.807, 2.05) is 13.8 Å². The highest BCUT2D eigenvalue weighted by Crippen LogP contribution is 2.31. The maximum absolute atomic E-state index is 12.4. The Balaban J connectivity index is 0.00000208. The maximum Gasteiger partial charge on any atom is 0.248 e. The Hall–Kier alpha value is -1.18. The molecule has 3 rings (SSSR count). The number of carbonyl (C=O) groups excluding carboxylic acids is 1. The molecule has 136 valence electrons. The zero-order valence-corrected chi connectivity index (χ0v) is 15.1. The highest BCUT2D eigenvalue weighted by atomic mass is 35.5. The normalized spacial score (nSPS) is 26.4. The first-order chi connectivity index (χ1) is 11.1. The number of nitrogens with zero attached hydrogens (tertiary/aromatic N) is 2. The number of ether oxygens (including phenoxy) is 1. The highest BCUT2D eigenvalue weighted by Gasteiger charge is 2.30. The molecular formula is C16H27ClN4O3. The van der Waals surface area contributed by atoms with Crippen molar-refractivity contribution in [2.24, 2.45) is 0 Å². The Kier molecular flexibility index (Phi) is 7.01. The lowest BCUT2D eigenvalue weighted by Crippen LogP contribution is -2.55. The van der Waals surface area contributed by atoms with Crippen LogP contribution in [0.1, 0.15) is 69.6 Å². The van der Waals surface area contributed by atoms with Crippen LogP contribution >= 0.6 is 12.4 Å². The van der Waals surface area contributed by atoms with Gasteiger partial charge in [-0.05, 0) is 26.7 Å². The quantitative estimate of drug-likeness (QED) is 0.856. The van der Waals surface area contributed by atoms with Gasteiger partial charge >= 0.3 is 0 Å². The summed E-state index contributed by atoms with van der Waals surface area (Å²) in [6.45, 7) is 5.08. The van der Waals surface area contributed by atoms with Crippen molar-refractivity contribution in [3.05, 3.63) is 11.7 Å². The van der Waals surface area contributed by atoms with Gasteiger partial charge in [-0.2, -0.15) is 4.98 Å². The molecule has 2 aliphatic rings. The predicted octanol–water partition coefficient (Wildman–Crippen LogP) is 2.09. The lowest BCUT2D eigenvalue weighted by molar-refractivity contribution is -0.129. The number of carbonyl (C=O) groups is 1. The fraction of sp³-hybridized carbons (Fsp3) is 0.812. The van der Waals surface area contributed by atoms with Gasteiger partial charge in [0.1, 0.15) is 12.1 Å². The number of morpholine rings is 1. The van der Waals surface area contributed by atoms with Crippen LogP contribution in [0.3, 0.4) is 0 Å². The van der Waals surface area contributed by atoms with Gasteiger partial charge in [-0.3, -0.25) is 4.79 Å². The number of hydrogen-bond donors (Lipinski definition) is 2. The van der Waals surface area contributed by atoms with Crippen LogP contribution in [0, 0.1) is 0 Å². The summed E-state index contributed by atoms with van der Waals surface area (Å²) in [5, 5.41) is 10.2. The fourth-order valence-corrected chi connectivity index (χ4v) is 3.34. The Labute approximate surface area is 148 Å². The van der Waals surface area contributed by atoms with Crippen LogP contribution in [0.4, 0.5) is 0 Å². The summed E-state index contributed by atoms with van der Waals surface area (Å²) >= 11 is 0. The van der Waals surface area contributed by atoms with E-state index < -0.39 is 0 Å². The van der Waals surface area contributed by atoms with Gasteiger partial charge in [-0.1, -0.05) is 24.4 Å². The molecule has 2 fully saturated rings. The molecule has 1 saturated carbocycles. The zero-order valence-electron chi connectivity index (χ0n) is 14.3. The third kappa shape index (κ3) is 4.46. The number of halogens is 1. The van der Waals surface area contributed by atoms with E-state index in [1.54, 1.807) is 0 Å². The third-order valence-electron chi connectivity index (χ3n) is 4.76. The van der Waals surface area contributed by atoms with Gasteiger partial charge in [0.2, 0.25) is 11.8 Å². The van der Waals surface area contributed by atoms with E-state index in [0.29, 0.717) is 25.0 Å².